The zero-order chi connectivity index (χ0) is 21.3. The Balaban J connectivity index is 1.50. The van der Waals surface area contributed by atoms with Crippen LogP contribution in [0.15, 0.2) is 59.3 Å². The van der Waals surface area contributed by atoms with Gasteiger partial charge in [-0.3, -0.25) is 0 Å². The van der Waals surface area contributed by atoms with Gasteiger partial charge >= 0.3 is 164 Å². The molecule has 1 fully saturated rings. The number of aromatic nitrogens is 4. The van der Waals surface area contributed by atoms with Gasteiger partial charge in [-0.25, -0.2) is 0 Å². The zero-order valence-electron chi connectivity index (χ0n) is 17.9. The van der Waals surface area contributed by atoms with Gasteiger partial charge in [-0.15, -0.1) is 0 Å². The van der Waals surface area contributed by atoms with Crippen molar-refractivity contribution in [2.24, 2.45) is 5.92 Å². The number of benzene rings is 1. The van der Waals surface area contributed by atoms with Crippen LogP contribution in [0, 0.1) is 12.8 Å². The Bertz CT molecular complexity index is 1030. The van der Waals surface area contributed by atoms with Crippen molar-refractivity contribution in [1.29, 1.82) is 0 Å². The van der Waals surface area contributed by atoms with Crippen molar-refractivity contribution in [3.05, 3.63) is 70.6 Å². The van der Waals surface area contributed by atoms with E-state index in [1.807, 2.05) is 29.4 Å². The Kier molecular flexibility index (Phi) is 6.08. The fourth-order valence-corrected chi connectivity index (χ4v) is 6.84. The van der Waals surface area contributed by atoms with Crippen LogP contribution in [0.25, 0.3) is 5.69 Å². The van der Waals surface area contributed by atoms with Gasteiger partial charge in [-0.2, -0.15) is 0 Å². The Morgan fingerprint density at radius 1 is 1.13 bits per heavy atom. The molecular formula is C23H28IN6-. The van der Waals surface area contributed by atoms with E-state index in [0.717, 1.165) is 17.2 Å². The third-order valence-electron chi connectivity index (χ3n) is 5.36. The first-order valence-electron chi connectivity index (χ1n) is 10.2. The minimum absolute atomic E-state index is 0.00838. The van der Waals surface area contributed by atoms with Gasteiger partial charge in [0.25, 0.3) is 0 Å². The van der Waals surface area contributed by atoms with Gasteiger partial charge in [0.1, 0.15) is 0 Å². The van der Waals surface area contributed by atoms with Crippen LogP contribution in [0.1, 0.15) is 38.1 Å². The number of nitrogens with zero attached hydrogens (tertiary/aromatic N) is 5. The predicted molar refractivity (Wildman–Crippen MR) is 117 cm³/mol. The van der Waals surface area contributed by atoms with E-state index in [9.17, 15) is 0 Å². The molecule has 0 aliphatic carbocycles. The van der Waals surface area contributed by atoms with Gasteiger partial charge in [0.05, 0.1) is 0 Å². The van der Waals surface area contributed by atoms with E-state index >= 15 is 0 Å². The molecule has 2 aromatic heterocycles. The van der Waals surface area contributed by atoms with E-state index < -0.39 is 0 Å². The van der Waals surface area contributed by atoms with Gasteiger partial charge in [0, 0.05) is 0 Å². The molecule has 3 aromatic rings. The van der Waals surface area contributed by atoms with E-state index in [1.54, 1.807) is 0 Å². The molecular weight excluding hydrogens is 487 g/mol. The summed E-state index contributed by atoms with van der Waals surface area (Å²) < 4.78 is 4.51. The first-order valence-corrected chi connectivity index (χ1v) is 12.8. The molecule has 4 rings (SSSR count). The molecule has 0 radical (unpaired) electrons. The van der Waals surface area contributed by atoms with Crippen molar-refractivity contribution in [2.75, 3.05) is 14.6 Å². The Hall–Kier alpha value is -2.42. The Morgan fingerprint density at radius 3 is 2.63 bits per heavy atom. The summed E-state index contributed by atoms with van der Waals surface area (Å²) in [6.45, 7) is 13.0. The molecule has 0 spiro atoms. The average Bonchev–Trinajstić information content (AvgIpc) is 3.36. The molecule has 1 saturated heterocycles. The number of alkyl halides is 1. The summed E-state index contributed by atoms with van der Waals surface area (Å²) in [4.78, 5) is 16.1. The van der Waals surface area contributed by atoms with Crippen LogP contribution in [0.4, 0.5) is 11.8 Å². The number of halogens is 1. The number of rotatable bonds is 6. The van der Waals surface area contributed by atoms with E-state index in [4.69, 9.17) is 4.98 Å². The monoisotopic (exact) mass is 515 g/mol. The number of imidazole rings is 1. The minimum atomic E-state index is -0.0120. The molecule has 0 amide bonds. The van der Waals surface area contributed by atoms with Crippen LogP contribution < -0.4 is 31.4 Å². The first-order chi connectivity index (χ1) is 14.4. The standard InChI is InChI=1S/C23H28IN6/c1-15(2)21-12-24-18(5)30(21)22-10-11-25-23(28-22)27-17(4)20-13-29(14-26-20)19-8-6-16(3)7-9-19/h6-11,13-15,17,21H,5,12H2,1-4H3,(H,25,27,28)/q-1/t17-,21+/m0/s1. The zero-order valence-corrected chi connectivity index (χ0v) is 20.0. The summed E-state index contributed by atoms with van der Waals surface area (Å²) in [5.41, 5.74) is 3.29. The Labute approximate surface area is 188 Å². The molecule has 30 heavy (non-hydrogen) atoms. The van der Waals surface area contributed by atoms with Crippen molar-refractivity contribution < 1.29 is 21.2 Å². The summed E-state index contributed by atoms with van der Waals surface area (Å²) in [5, 5.41) is 3.41. The molecule has 1 aromatic carbocycles. The van der Waals surface area contributed by atoms with Crippen LogP contribution >= 0.6 is 0 Å². The molecule has 1 aliphatic rings. The molecule has 0 saturated carbocycles. The number of anilines is 2. The predicted octanol–water partition coefficient (Wildman–Crippen LogP) is 1.55. The molecule has 7 heteroatoms. The second-order valence-electron chi connectivity index (χ2n) is 7.99. The van der Waals surface area contributed by atoms with Crippen molar-refractivity contribution in [1.82, 2.24) is 19.5 Å². The maximum atomic E-state index is 4.80. The molecule has 2 atom stereocenters. The van der Waals surface area contributed by atoms with Gasteiger partial charge in [-0.05, 0) is 6.92 Å². The van der Waals surface area contributed by atoms with Crippen LogP contribution in [0.2, 0.25) is 0 Å². The van der Waals surface area contributed by atoms with Gasteiger partial charge in [0.15, 0.2) is 0 Å². The maximum absolute atomic E-state index is 4.80. The summed E-state index contributed by atoms with van der Waals surface area (Å²) in [6, 6.07) is 10.9. The van der Waals surface area contributed by atoms with Crippen molar-refractivity contribution in [2.45, 2.75) is 39.8 Å². The third-order valence-corrected chi connectivity index (χ3v) is 8.11. The number of hydrogen-bond acceptors (Lipinski definition) is 5. The van der Waals surface area contributed by atoms with E-state index in [-0.39, 0.29) is 27.2 Å². The third kappa shape index (κ3) is 4.35. The fraction of sp³-hybridized carbons (Fsp3) is 0.348. The SMILES string of the molecule is C=C1[I-]C[C@H](C(C)C)N1c1ccnc(N[C@@H](C)c2cn(-c3ccc(C)cc3)cn2)n1. The van der Waals surface area contributed by atoms with Crippen LogP contribution in [0.3, 0.4) is 0 Å². The number of hydrogen-bond donors (Lipinski definition) is 1. The van der Waals surface area contributed by atoms with Crippen molar-refractivity contribution in [3.8, 4) is 5.69 Å². The summed E-state index contributed by atoms with van der Waals surface area (Å²) in [6.07, 6.45) is 5.72. The second kappa shape index (κ2) is 8.75. The molecule has 1 N–H and O–H groups in total. The molecule has 0 unspecified atom stereocenters. The molecule has 6 nitrogen and oxygen atoms in total. The van der Waals surface area contributed by atoms with Crippen molar-refractivity contribution >= 4 is 11.8 Å². The van der Waals surface area contributed by atoms with Gasteiger partial charge in [-0.1, -0.05) is 17.7 Å². The van der Waals surface area contributed by atoms with Crippen molar-refractivity contribution in [3.63, 3.8) is 0 Å². The topological polar surface area (TPSA) is 58.9 Å². The quantitative estimate of drug-likeness (QED) is 0.307. The molecule has 0 bridgehead atoms. The number of nitrogens with one attached hydrogen (secondary N) is 1. The van der Waals surface area contributed by atoms with Gasteiger partial charge in [0.2, 0.25) is 0 Å². The first kappa shape index (κ1) is 20.8. The van der Waals surface area contributed by atoms with Crippen LogP contribution in [-0.4, -0.2) is 30.0 Å². The fourth-order valence-electron chi connectivity index (χ4n) is 3.49. The molecule has 158 valence electrons. The van der Waals surface area contributed by atoms with Gasteiger partial charge < -0.3 is 0 Å². The second-order valence-corrected chi connectivity index (χ2v) is 10.9. The molecule has 3 heterocycles. The number of aryl methyl sites for hydroxylation is 1. The van der Waals surface area contributed by atoms with Crippen LogP contribution in [0.5, 0.6) is 0 Å². The summed E-state index contributed by atoms with van der Waals surface area (Å²) in [5.74, 6) is 2.12. The van der Waals surface area contributed by atoms with E-state index in [2.05, 4.69) is 78.7 Å². The molecule has 1 aliphatic heterocycles. The normalized spacial score (nSPS) is 17.8. The Morgan fingerprint density at radius 2 is 1.90 bits per heavy atom. The summed E-state index contributed by atoms with van der Waals surface area (Å²) >= 11 is -0.00838. The van der Waals surface area contributed by atoms with Crippen LogP contribution in [-0.2, 0) is 0 Å². The van der Waals surface area contributed by atoms with E-state index in [1.165, 1.54) is 13.7 Å². The summed E-state index contributed by atoms with van der Waals surface area (Å²) in [7, 11) is 0. The van der Waals surface area contributed by atoms with E-state index in [0.29, 0.717) is 17.9 Å². The average molecular weight is 515 g/mol.